The van der Waals surface area contributed by atoms with Crippen LogP contribution in [0.5, 0.6) is 0 Å². The Balaban J connectivity index is 1.64. The first kappa shape index (κ1) is 15.0. The van der Waals surface area contributed by atoms with Crippen molar-refractivity contribution in [1.82, 2.24) is 9.88 Å². The van der Waals surface area contributed by atoms with Gasteiger partial charge in [-0.15, -0.1) is 0 Å². The molecule has 1 N–H and O–H groups in total. The summed E-state index contributed by atoms with van der Waals surface area (Å²) in [5.41, 5.74) is 2.34. The maximum absolute atomic E-state index is 11.9. The number of nitrogens with zero attached hydrogens (tertiary/aromatic N) is 1. The zero-order chi connectivity index (χ0) is 15.2. The average molecular weight is 296 g/mol. The molecule has 0 radical (unpaired) electrons. The third-order valence-corrected chi connectivity index (χ3v) is 4.63. The number of benzene rings is 1. The van der Waals surface area contributed by atoms with Crippen LogP contribution in [0.4, 0.5) is 0 Å². The summed E-state index contributed by atoms with van der Waals surface area (Å²) in [6, 6.07) is 15.1. The van der Waals surface area contributed by atoms with Crippen LogP contribution in [-0.4, -0.2) is 22.5 Å². The summed E-state index contributed by atoms with van der Waals surface area (Å²) in [6.07, 6.45) is 7.79. The minimum absolute atomic E-state index is 0.0508. The highest BCUT2D eigenvalue weighted by Crippen LogP contribution is 2.22. The molecule has 1 saturated heterocycles. The molecule has 1 aromatic heterocycles. The molecule has 0 saturated carbocycles. The van der Waals surface area contributed by atoms with Gasteiger partial charge in [-0.1, -0.05) is 42.8 Å². The van der Waals surface area contributed by atoms with Crippen LogP contribution in [0.15, 0.2) is 53.5 Å². The fourth-order valence-corrected chi connectivity index (χ4v) is 3.37. The first-order valence-electron chi connectivity index (χ1n) is 8.27. The highest BCUT2D eigenvalue weighted by molar-refractivity contribution is 5.15. The Hall–Kier alpha value is -1.87. The number of aromatic nitrogens is 1. The summed E-state index contributed by atoms with van der Waals surface area (Å²) in [5.74, 6) is 0. The van der Waals surface area contributed by atoms with Crippen LogP contribution in [0.3, 0.4) is 0 Å². The molecule has 0 bridgehead atoms. The molecule has 2 aromatic rings. The second kappa shape index (κ2) is 7.41. The van der Waals surface area contributed by atoms with E-state index in [0.717, 1.165) is 25.1 Å². The lowest BCUT2D eigenvalue weighted by atomic mass is 9.95. The molecule has 116 valence electrons. The van der Waals surface area contributed by atoms with E-state index in [4.69, 9.17) is 0 Å². The largest absolute Gasteiger partial charge is 0.329 e. The number of aryl methyl sites for hydroxylation is 1. The molecule has 2 heterocycles. The van der Waals surface area contributed by atoms with Crippen molar-refractivity contribution in [3.05, 3.63) is 70.1 Å². The van der Waals surface area contributed by atoms with Gasteiger partial charge in [0.25, 0.3) is 5.56 Å². The van der Waals surface area contributed by atoms with Crippen molar-refractivity contribution in [2.24, 2.45) is 0 Å². The average Bonchev–Trinajstić information content (AvgIpc) is 2.57. The third-order valence-electron chi connectivity index (χ3n) is 4.63. The molecule has 0 amide bonds. The monoisotopic (exact) mass is 296 g/mol. The molecule has 1 aromatic carbocycles. The Bertz CT molecular complexity index is 635. The Morgan fingerprint density at radius 1 is 1.09 bits per heavy atom. The molecular weight excluding hydrogens is 272 g/mol. The lowest BCUT2D eigenvalue weighted by Gasteiger charge is -2.35. The molecule has 3 heteroatoms. The van der Waals surface area contributed by atoms with E-state index >= 15 is 0 Å². The van der Waals surface area contributed by atoms with Crippen LogP contribution in [0, 0.1) is 0 Å². The molecule has 3 nitrogen and oxygen atoms in total. The Morgan fingerprint density at radius 3 is 2.77 bits per heavy atom. The number of pyridine rings is 1. The van der Waals surface area contributed by atoms with Gasteiger partial charge in [-0.25, -0.2) is 0 Å². The fraction of sp³-hybridized carbons (Fsp3) is 0.421. The number of rotatable bonds is 5. The molecule has 1 atom stereocenters. The van der Waals surface area contributed by atoms with Gasteiger partial charge in [-0.3, -0.25) is 9.69 Å². The summed E-state index contributed by atoms with van der Waals surface area (Å²) in [4.78, 5) is 17.2. The molecule has 3 rings (SSSR count). The first-order chi connectivity index (χ1) is 10.8. The van der Waals surface area contributed by atoms with Crippen molar-refractivity contribution < 1.29 is 0 Å². The van der Waals surface area contributed by atoms with E-state index in [1.807, 2.05) is 12.1 Å². The summed E-state index contributed by atoms with van der Waals surface area (Å²) in [6.45, 7) is 1.88. The molecule has 1 aliphatic heterocycles. The van der Waals surface area contributed by atoms with Crippen molar-refractivity contribution in [3.63, 3.8) is 0 Å². The van der Waals surface area contributed by atoms with Crippen LogP contribution in [-0.2, 0) is 13.0 Å². The molecule has 0 spiro atoms. The van der Waals surface area contributed by atoms with E-state index in [2.05, 4.69) is 40.2 Å². The number of piperidine rings is 1. The Labute approximate surface area is 132 Å². The van der Waals surface area contributed by atoms with E-state index in [9.17, 15) is 4.79 Å². The normalized spacial score (nSPS) is 19.2. The minimum Gasteiger partial charge on any atom is -0.329 e. The molecule has 1 aliphatic rings. The van der Waals surface area contributed by atoms with Gasteiger partial charge >= 0.3 is 0 Å². The van der Waals surface area contributed by atoms with Gasteiger partial charge in [0.2, 0.25) is 0 Å². The zero-order valence-electron chi connectivity index (χ0n) is 13.0. The van der Waals surface area contributed by atoms with E-state index in [-0.39, 0.29) is 5.56 Å². The maximum Gasteiger partial charge on any atom is 0.252 e. The van der Waals surface area contributed by atoms with Gasteiger partial charge in [0.05, 0.1) is 0 Å². The van der Waals surface area contributed by atoms with Gasteiger partial charge in [0.1, 0.15) is 0 Å². The number of hydrogen-bond donors (Lipinski definition) is 1. The second-order valence-electron chi connectivity index (χ2n) is 6.17. The lowest BCUT2D eigenvalue weighted by molar-refractivity contribution is 0.132. The maximum atomic E-state index is 11.9. The third kappa shape index (κ3) is 3.86. The van der Waals surface area contributed by atoms with Crippen LogP contribution in [0.1, 0.15) is 36.8 Å². The topological polar surface area (TPSA) is 36.1 Å². The summed E-state index contributed by atoms with van der Waals surface area (Å²) in [7, 11) is 0. The molecule has 22 heavy (non-hydrogen) atoms. The van der Waals surface area contributed by atoms with Crippen molar-refractivity contribution in [3.8, 4) is 0 Å². The van der Waals surface area contributed by atoms with Gasteiger partial charge in [0.15, 0.2) is 0 Å². The van der Waals surface area contributed by atoms with Crippen molar-refractivity contribution in [2.45, 2.75) is 44.7 Å². The molecule has 0 aliphatic carbocycles. The summed E-state index contributed by atoms with van der Waals surface area (Å²) in [5, 5.41) is 0. The van der Waals surface area contributed by atoms with Gasteiger partial charge in [-0.2, -0.15) is 0 Å². The first-order valence-corrected chi connectivity index (χ1v) is 8.27. The number of hydrogen-bond acceptors (Lipinski definition) is 2. The van der Waals surface area contributed by atoms with Crippen LogP contribution >= 0.6 is 0 Å². The standard InChI is InChI=1S/C19H24N2O/c22-19-17(9-6-13-20-19)15-21-14-5-4-10-18(21)12-11-16-7-2-1-3-8-16/h1-3,6-9,13,18H,4-5,10-12,14-15H2,(H,20,22). The van der Waals surface area contributed by atoms with Crippen molar-refractivity contribution in [2.75, 3.05) is 6.54 Å². The van der Waals surface area contributed by atoms with Crippen LogP contribution < -0.4 is 5.56 Å². The van der Waals surface area contributed by atoms with Crippen molar-refractivity contribution >= 4 is 0 Å². The SMILES string of the molecule is O=c1[nH]cccc1CN1CCCCC1CCc1ccccc1. The number of nitrogens with one attached hydrogen (secondary N) is 1. The highest BCUT2D eigenvalue weighted by Gasteiger charge is 2.22. The predicted molar refractivity (Wildman–Crippen MR) is 89.9 cm³/mol. The van der Waals surface area contributed by atoms with Gasteiger partial charge in [0, 0.05) is 24.3 Å². The smallest absolute Gasteiger partial charge is 0.252 e. The number of likely N-dealkylation sites (tertiary alicyclic amines) is 1. The number of H-pyrrole nitrogens is 1. The minimum atomic E-state index is 0.0508. The van der Waals surface area contributed by atoms with E-state index < -0.39 is 0 Å². The van der Waals surface area contributed by atoms with Crippen LogP contribution in [0.2, 0.25) is 0 Å². The Kier molecular flexibility index (Phi) is 5.07. The zero-order valence-corrected chi connectivity index (χ0v) is 13.0. The predicted octanol–water partition coefficient (Wildman–Crippen LogP) is 3.36. The molecular formula is C19H24N2O. The molecule has 1 fully saturated rings. The quantitative estimate of drug-likeness (QED) is 0.918. The second-order valence-corrected chi connectivity index (χ2v) is 6.17. The van der Waals surface area contributed by atoms with E-state index in [1.54, 1.807) is 6.20 Å². The van der Waals surface area contributed by atoms with E-state index in [0.29, 0.717) is 6.04 Å². The molecule has 1 unspecified atom stereocenters. The van der Waals surface area contributed by atoms with E-state index in [1.165, 1.54) is 31.2 Å². The summed E-state index contributed by atoms with van der Waals surface area (Å²) < 4.78 is 0. The lowest BCUT2D eigenvalue weighted by Crippen LogP contribution is -2.40. The van der Waals surface area contributed by atoms with Crippen LogP contribution in [0.25, 0.3) is 0 Å². The number of aromatic amines is 1. The Morgan fingerprint density at radius 2 is 1.95 bits per heavy atom. The fourth-order valence-electron chi connectivity index (χ4n) is 3.37. The van der Waals surface area contributed by atoms with Gasteiger partial charge in [-0.05, 0) is 43.9 Å². The van der Waals surface area contributed by atoms with Gasteiger partial charge < -0.3 is 4.98 Å². The summed E-state index contributed by atoms with van der Waals surface area (Å²) >= 11 is 0. The highest BCUT2D eigenvalue weighted by atomic mass is 16.1. The van der Waals surface area contributed by atoms with Crippen molar-refractivity contribution in [1.29, 1.82) is 0 Å².